The van der Waals surface area contributed by atoms with Crippen LogP contribution in [0.1, 0.15) is 39.5 Å². The van der Waals surface area contributed by atoms with Crippen molar-refractivity contribution in [2.45, 2.75) is 51.1 Å². The molecule has 2 aliphatic heterocycles. The van der Waals surface area contributed by atoms with Gasteiger partial charge in [0.1, 0.15) is 5.54 Å². The lowest BCUT2D eigenvalue weighted by atomic mass is 9.87. The summed E-state index contributed by atoms with van der Waals surface area (Å²) in [6.07, 6.45) is 3.77. The molecule has 2 rings (SSSR count). The molecule has 1 spiro atoms. The molecule has 2 heterocycles. The number of carbonyl (C=O) groups is 2. The van der Waals surface area contributed by atoms with Crippen molar-refractivity contribution in [3.8, 4) is 0 Å². The van der Waals surface area contributed by atoms with E-state index in [1.165, 1.54) is 17.7 Å². The SMILES string of the molecule is CCCCN1CCC2(CC1)NC(=O)N(C(C)CN)C2=O. The van der Waals surface area contributed by atoms with Crippen LogP contribution in [0.2, 0.25) is 0 Å². The molecule has 3 amide bonds. The van der Waals surface area contributed by atoms with E-state index in [0.717, 1.165) is 19.6 Å². The molecular formula is C14H26N4O2. The van der Waals surface area contributed by atoms with Gasteiger partial charge in [0.05, 0.1) is 6.04 Å². The number of unbranched alkanes of at least 4 members (excludes halogenated alkanes) is 1. The molecule has 0 bridgehead atoms. The highest BCUT2D eigenvalue weighted by molar-refractivity contribution is 6.07. The van der Waals surface area contributed by atoms with Gasteiger partial charge in [-0.1, -0.05) is 13.3 Å². The molecule has 20 heavy (non-hydrogen) atoms. The van der Waals surface area contributed by atoms with Gasteiger partial charge in [-0.15, -0.1) is 0 Å². The zero-order valence-electron chi connectivity index (χ0n) is 12.5. The van der Waals surface area contributed by atoms with Crippen molar-refractivity contribution >= 4 is 11.9 Å². The highest BCUT2D eigenvalue weighted by Gasteiger charge is 2.53. The van der Waals surface area contributed by atoms with E-state index in [1.54, 1.807) is 0 Å². The predicted octanol–water partition coefficient (Wildman–Crippen LogP) is 0.520. The maximum absolute atomic E-state index is 12.6. The maximum Gasteiger partial charge on any atom is 0.325 e. The van der Waals surface area contributed by atoms with Gasteiger partial charge in [-0.25, -0.2) is 4.79 Å². The molecular weight excluding hydrogens is 256 g/mol. The summed E-state index contributed by atoms with van der Waals surface area (Å²) in [5.74, 6) is -0.0874. The number of imide groups is 1. The fourth-order valence-electron chi connectivity index (χ4n) is 3.03. The third kappa shape index (κ3) is 2.67. The Morgan fingerprint density at radius 1 is 1.35 bits per heavy atom. The van der Waals surface area contributed by atoms with Gasteiger partial charge in [-0.3, -0.25) is 9.69 Å². The summed E-state index contributed by atoms with van der Waals surface area (Å²) < 4.78 is 0. The first-order valence-electron chi connectivity index (χ1n) is 7.62. The highest BCUT2D eigenvalue weighted by Crippen LogP contribution is 2.30. The molecule has 0 radical (unpaired) electrons. The van der Waals surface area contributed by atoms with Crippen LogP contribution in [0.5, 0.6) is 0 Å². The fraction of sp³-hybridized carbons (Fsp3) is 0.857. The number of nitrogens with two attached hydrogens (primary N) is 1. The number of carbonyl (C=O) groups excluding carboxylic acids is 2. The van der Waals surface area contributed by atoms with E-state index in [9.17, 15) is 9.59 Å². The topological polar surface area (TPSA) is 78.7 Å². The first kappa shape index (κ1) is 15.3. The zero-order chi connectivity index (χ0) is 14.8. The minimum Gasteiger partial charge on any atom is -0.328 e. The predicted molar refractivity (Wildman–Crippen MR) is 77.2 cm³/mol. The zero-order valence-corrected chi connectivity index (χ0v) is 12.5. The number of rotatable bonds is 5. The average Bonchev–Trinajstić information content (AvgIpc) is 2.69. The van der Waals surface area contributed by atoms with Crippen LogP contribution < -0.4 is 11.1 Å². The number of amides is 3. The number of hydrogen-bond donors (Lipinski definition) is 2. The molecule has 6 nitrogen and oxygen atoms in total. The van der Waals surface area contributed by atoms with E-state index in [-0.39, 0.29) is 18.0 Å². The lowest BCUT2D eigenvalue weighted by Crippen LogP contribution is -2.55. The number of hydrogen-bond acceptors (Lipinski definition) is 4. The largest absolute Gasteiger partial charge is 0.328 e. The number of nitrogens with zero attached hydrogens (tertiary/aromatic N) is 2. The summed E-state index contributed by atoms with van der Waals surface area (Å²) in [6, 6.07) is -0.519. The second kappa shape index (κ2) is 6.10. The first-order chi connectivity index (χ1) is 9.54. The summed E-state index contributed by atoms with van der Waals surface area (Å²) in [4.78, 5) is 28.3. The Hall–Kier alpha value is -1.14. The van der Waals surface area contributed by atoms with Crippen molar-refractivity contribution in [2.75, 3.05) is 26.2 Å². The van der Waals surface area contributed by atoms with Crippen LogP contribution in [-0.2, 0) is 4.79 Å². The van der Waals surface area contributed by atoms with Gasteiger partial charge in [0, 0.05) is 19.6 Å². The van der Waals surface area contributed by atoms with Gasteiger partial charge in [-0.2, -0.15) is 0 Å². The third-order valence-corrected chi connectivity index (χ3v) is 4.51. The van der Waals surface area contributed by atoms with Crippen LogP contribution >= 0.6 is 0 Å². The summed E-state index contributed by atoms with van der Waals surface area (Å²) in [5.41, 5.74) is 4.91. The Kier molecular flexibility index (Phi) is 4.65. The quantitative estimate of drug-likeness (QED) is 0.721. The van der Waals surface area contributed by atoms with Gasteiger partial charge < -0.3 is 16.0 Å². The van der Waals surface area contributed by atoms with Crippen LogP contribution in [0.15, 0.2) is 0 Å². The van der Waals surface area contributed by atoms with E-state index in [2.05, 4.69) is 17.1 Å². The van der Waals surface area contributed by atoms with Crippen LogP contribution in [0.25, 0.3) is 0 Å². The molecule has 0 aromatic carbocycles. The van der Waals surface area contributed by atoms with Crippen LogP contribution in [0.4, 0.5) is 4.79 Å². The molecule has 1 atom stereocenters. The molecule has 3 N–H and O–H groups in total. The molecule has 0 aromatic heterocycles. The van der Waals surface area contributed by atoms with E-state index in [4.69, 9.17) is 5.73 Å². The smallest absolute Gasteiger partial charge is 0.325 e. The van der Waals surface area contributed by atoms with Gasteiger partial charge in [0.15, 0.2) is 0 Å². The molecule has 2 fully saturated rings. The Bertz CT molecular complexity index is 377. The van der Waals surface area contributed by atoms with Gasteiger partial charge >= 0.3 is 6.03 Å². The molecule has 2 aliphatic rings. The van der Waals surface area contributed by atoms with Gasteiger partial charge in [0.25, 0.3) is 5.91 Å². The van der Waals surface area contributed by atoms with E-state index in [1.807, 2.05) is 6.92 Å². The van der Waals surface area contributed by atoms with Crippen molar-refractivity contribution in [3.63, 3.8) is 0 Å². The Morgan fingerprint density at radius 2 is 2.00 bits per heavy atom. The third-order valence-electron chi connectivity index (χ3n) is 4.51. The van der Waals surface area contributed by atoms with Crippen molar-refractivity contribution in [1.29, 1.82) is 0 Å². The van der Waals surface area contributed by atoms with Crippen molar-refractivity contribution in [3.05, 3.63) is 0 Å². The molecule has 0 aliphatic carbocycles. The second-order valence-corrected chi connectivity index (χ2v) is 5.97. The number of likely N-dealkylation sites (tertiary alicyclic amines) is 1. The standard InChI is InChI=1S/C14H26N4O2/c1-3-4-7-17-8-5-14(6-9-17)12(19)18(11(2)10-15)13(20)16-14/h11H,3-10,15H2,1-2H3,(H,16,20). The summed E-state index contributed by atoms with van der Waals surface area (Å²) in [5, 5.41) is 2.92. The maximum atomic E-state index is 12.6. The first-order valence-corrected chi connectivity index (χ1v) is 7.62. The molecule has 114 valence electrons. The van der Waals surface area contributed by atoms with E-state index >= 15 is 0 Å². The molecule has 0 saturated carbocycles. The summed E-state index contributed by atoms with van der Waals surface area (Å²) in [7, 11) is 0. The molecule has 0 aromatic rings. The lowest BCUT2D eigenvalue weighted by Gasteiger charge is -2.37. The fourth-order valence-corrected chi connectivity index (χ4v) is 3.03. The number of urea groups is 1. The van der Waals surface area contributed by atoms with Crippen LogP contribution in [-0.4, -0.2) is 59.5 Å². The Labute approximate surface area is 120 Å². The molecule has 6 heteroatoms. The van der Waals surface area contributed by atoms with Crippen molar-refractivity contribution in [2.24, 2.45) is 5.73 Å². The van der Waals surface area contributed by atoms with Crippen molar-refractivity contribution < 1.29 is 9.59 Å². The molecule has 1 unspecified atom stereocenters. The Balaban J connectivity index is 2.00. The normalized spacial score (nSPS) is 24.2. The number of piperidine rings is 1. The minimum absolute atomic E-state index is 0.0874. The summed E-state index contributed by atoms with van der Waals surface area (Å²) in [6.45, 7) is 7.12. The second-order valence-electron chi connectivity index (χ2n) is 5.97. The van der Waals surface area contributed by atoms with Gasteiger partial charge in [-0.05, 0) is 32.7 Å². The highest BCUT2D eigenvalue weighted by atomic mass is 16.2. The van der Waals surface area contributed by atoms with Gasteiger partial charge in [0.2, 0.25) is 0 Å². The monoisotopic (exact) mass is 282 g/mol. The van der Waals surface area contributed by atoms with Crippen molar-refractivity contribution in [1.82, 2.24) is 15.1 Å². The van der Waals surface area contributed by atoms with E-state index < -0.39 is 5.54 Å². The Morgan fingerprint density at radius 3 is 2.55 bits per heavy atom. The average molecular weight is 282 g/mol. The summed E-state index contributed by atoms with van der Waals surface area (Å²) >= 11 is 0. The van der Waals surface area contributed by atoms with E-state index in [0.29, 0.717) is 19.4 Å². The van der Waals surface area contributed by atoms with Crippen LogP contribution in [0.3, 0.4) is 0 Å². The number of nitrogens with one attached hydrogen (secondary N) is 1. The minimum atomic E-state index is -0.677. The lowest BCUT2D eigenvalue weighted by molar-refractivity contribution is -0.134. The molecule has 2 saturated heterocycles. The van der Waals surface area contributed by atoms with Crippen LogP contribution in [0, 0.1) is 0 Å².